The number of carbonyl (C=O) groups is 2. The maximum Gasteiger partial charge on any atom is 0.232 e. The number of fused-ring (bicyclic) bond motifs is 2. The fourth-order valence-corrected chi connectivity index (χ4v) is 6.15. The first-order valence-corrected chi connectivity index (χ1v) is 9.14. The molecule has 3 nitrogen and oxygen atoms in total. The lowest BCUT2D eigenvalue weighted by atomic mass is 9.64. The number of rotatable bonds is 2. The lowest BCUT2D eigenvalue weighted by Gasteiger charge is -2.39. The summed E-state index contributed by atoms with van der Waals surface area (Å²) in [4.78, 5) is 25.4. The number of Topliss-reactive ketones (excluding diaryl/α,β-unsaturated/α-hetero) is 1. The summed E-state index contributed by atoms with van der Waals surface area (Å²) in [7, 11) is 0. The van der Waals surface area contributed by atoms with Crippen molar-refractivity contribution in [1.82, 2.24) is 0 Å². The monoisotopic (exact) mass is 427 g/mol. The van der Waals surface area contributed by atoms with E-state index < -0.39 is 15.7 Å². The van der Waals surface area contributed by atoms with E-state index in [0.717, 1.165) is 23.0 Å². The number of benzene rings is 1. The van der Waals surface area contributed by atoms with E-state index in [0.29, 0.717) is 0 Å². The van der Waals surface area contributed by atoms with Crippen LogP contribution in [0.1, 0.15) is 33.6 Å². The Kier molecular flexibility index (Phi) is 3.61. The van der Waals surface area contributed by atoms with Gasteiger partial charge in [0, 0.05) is 9.89 Å². The largest absolute Gasteiger partial charge is 0.325 e. The van der Waals surface area contributed by atoms with Crippen molar-refractivity contribution in [2.75, 3.05) is 5.32 Å². The highest BCUT2D eigenvalue weighted by Gasteiger charge is 2.76. The molecule has 2 fully saturated rings. The second-order valence-corrected chi connectivity index (χ2v) is 8.86. The third kappa shape index (κ3) is 1.72. The highest BCUT2D eigenvalue weighted by molar-refractivity contribution is 9.10. The normalized spacial score (nSPS) is 35.7. The van der Waals surface area contributed by atoms with E-state index in [4.69, 9.17) is 0 Å². The molecule has 0 heterocycles. The second-order valence-electron chi connectivity index (χ2n) is 7.09. The minimum atomic E-state index is -0.700. The Morgan fingerprint density at radius 1 is 1.23 bits per heavy atom. The molecule has 2 aliphatic rings. The number of hydrogen-bond acceptors (Lipinski definition) is 2. The molecule has 2 bridgehead atoms. The van der Waals surface area contributed by atoms with Crippen LogP contribution in [-0.2, 0) is 9.59 Å². The molecule has 0 unspecified atom stereocenters. The van der Waals surface area contributed by atoms with Crippen LogP contribution >= 0.6 is 31.9 Å². The summed E-state index contributed by atoms with van der Waals surface area (Å²) in [5.41, 5.74) is -0.776. The number of hydrogen-bond donors (Lipinski definition) is 1. The molecule has 0 saturated heterocycles. The average Bonchev–Trinajstić information content (AvgIpc) is 2.74. The highest BCUT2D eigenvalue weighted by Crippen LogP contribution is 2.72. The van der Waals surface area contributed by atoms with Crippen LogP contribution in [-0.4, -0.2) is 16.5 Å². The van der Waals surface area contributed by atoms with Crippen LogP contribution in [0.15, 0.2) is 28.7 Å². The van der Waals surface area contributed by atoms with Crippen LogP contribution in [0.5, 0.6) is 0 Å². The number of alkyl halides is 1. The zero-order valence-corrected chi connectivity index (χ0v) is 16.0. The standard InChI is InChI=1S/C17H19Br2NO2/c1-15(2)16(3)8-9-17(15,12(19)13(16)21)14(22)20-11-7-5-4-6-10(11)18/h4-7,12H,8-9H2,1-3H3,(H,20,22)/t12-,16+,17-/m0/s1. The first-order chi connectivity index (χ1) is 10.2. The van der Waals surface area contributed by atoms with E-state index in [9.17, 15) is 9.59 Å². The molecule has 5 heteroatoms. The van der Waals surface area contributed by atoms with E-state index in [-0.39, 0.29) is 17.1 Å². The predicted molar refractivity (Wildman–Crippen MR) is 94.0 cm³/mol. The van der Waals surface area contributed by atoms with E-state index in [1.165, 1.54) is 0 Å². The van der Waals surface area contributed by atoms with Crippen LogP contribution < -0.4 is 5.32 Å². The minimum Gasteiger partial charge on any atom is -0.325 e. The predicted octanol–water partition coefficient (Wildman–Crippen LogP) is 4.55. The van der Waals surface area contributed by atoms with Gasteiger partial charge in [-0.25, -0.2) is 0 Å². The van der Waals surface area contributed by atoms with Crippen molar-refractivity contribution in [3.8, 4) is 0 Å². The van der Waals surface area contributed by atoms with E-state index >= 15 is 0 Å². The molecule has 3 rings (SSSR count). The van der Waals surface area contributed by atoms with Crippen molar-refractivity contribution in [3.05, 3.63) is 28.7 Å². The number of carbonyl (C=O) groups excluding carboxylic acids is 2. The van der Waals surface area contributed by atoms with Crippen molar-refractivity contribution < 1.29 is 9.59 Å². The summed E-state index contributed by atoms with van der Waals surface area (Å²) in [6, 6.07) is 7.54. The highest BCUT2D eigenvalue weighted by atomic mass is 79.9. The van der Waals surface area contributed by atoms with Gasteiger partial charge < -0.3 is 5.32 Å². The van der Waals surface area contributed by atoms with Gasteiger partial charge in [-0.1, -0.05) is 48.8 Å². The van der Waals surface area contributed by atoms with Crippen LogP contribution in [0.2, 0.25) is 0 Å². The number of nitrogens with one attached hydrogen (secondary N) is 1. The lowest BCUT2D eigenvalue weighted by Crippen LogP contribution is -2.48. The third-order valence-corrected chi connectivity index (χ3v) is 8.14. The van der Waals surface area contributed by atoms with Gasteiger partial charge in [0.05, 0.1) is 15.9 Å². The molecule has 1 N–H and O–H groups in total. The fourth-order valence-electron chi connectivity index (χ4n) is 4.25. The first-order valence-electron chi connectivity index (χ1n) is 7.43. The van der Waals surface area contributed by atoms with Gasteiger partial charge >= 0.3 is 0 Å². The number of para-hydroxylation sites is 1. The van der Waals surface area contributed by atoms with Gasteiger partial charge in [0.2, 0.25) is 5.91 Å². The van der Waals surface area contributed by atoms with Crippen molar-refractivity contribution in [3.63, 3.8) is 0 Å². The molecule has 0 aromatic heterocycles. The third-order valence-electron chi connectivity index (χ3n) is 6.25. The summed E-state index contributed by atoms with van der Waals surface area (Å²) in [6.45, 7) is 6.11. The van der Waals surface area contributed by atoms with Crippen molar-refractivity contribution in [1.29, 1.82) is 0 Å². The summed E-state index contributed by atoms with van der Waals surface area (Å²) >= 11 is 7.00. The first kappa shape index (κ1) is 16.2. The lowest BCUT2D eigenvalue weighted by molar-refractivity contribution is -0.130. The molecule has 0 aliphatic heterocycles. The van der Waals surface area contributed by atoms with Crippen molar-refractivity contribution in [2.45, 2.75) is 38.4 Å². The Balaban J connectivity index is 2.02. The van der Waals surface area contributed by atoms with Gasteiger partial charge in [0.15, 0.2) is 5.78 Å². The Morgan fingerprint density at radius 3 is 2.41 bits per heavy atom. The molecule has 0 radical (unpaired) electrons. The summed E-state index contributed by atoms with van der Waals surface area (Å²) in [6.07, 6.45) is 1.50. The Bertz CT molecular complexity index is 672. The summed E-state index contributed by atoms with van der Waals surface area (Å²) in [5.74, 6) is 0.0897. The smallest absolute Gasteiger partial charge is 0.232 e. The Hall–Kier alpha value is -0.680. The number of halogens is 2. The van der Waals surface area contributed by atoms with Crippen LogP contribution in [0.3, 0.4) is 0 Å². The van der Waals surface area contributed by atoms with E-state index in [1.807, 2.05) is 31.2 Å². The number of amides is 1. The van der Waals surface area contributed by atoms with Gasteiger partial charge in [-0.3, -0.25) is 9.59 Å². The topological polar surface area (TPSA) is 46.2 Å². The molecule has 1 amide bonds. The van der Waals surface area contributed by atoms with Gasteiger partial charge in [-0.2, -0.15) is 0 Å². The number of anilines is 1. The minimum absolute atomic E-state index is 0.0687. The molecular formula is C17H19Br2NO2. The van der Waals surface area contributed by atoms with Gasteiger partial charge in [-0.15, -0.1) is 0 Å². The van der Waals surface area contributed by atoms with Crippen LogP contribution in [0, 0.1) is 16.2 Å². The molecule has 1 aromatic carbocycles. The SMILES string of the molecule is CC1(C)[C@]2(C)CC[C@@]1(C(=O)Nc1ccccc1Br)[C@@H](Br)C2=O. The van der Waals surface area contributed by atoms with E-state index in [1.54, 1.807) is 0 Å². The van der Waals surface area contributed by atoms with Crippen molar-refractivity contribution >= 4 is 49.2 Å². The summed E-state index contributed by atoms with van der Waals surface area (Å²) in [5, 5.41) is 3.03. The van der Waals surface area contributed by atoms with Gasteiger partial charge in [-0.05, 0) is 46.3 Å². The average molecular weight is 429 g/mol. The van der Waals surface area contributed by atoms with Crippen LogP contribution in [0.25, 0.3) is 0 Å². The molecular weight excluding hydrogens is 410 g/mol. The van der Waals surface area contributed by atoms with Crippen LogP contribution in [0.4, 0.5) is 5.69 Å². The zero-order valence-electron chi connectivity index (χ0n) is 12.9. The molecule has 0 spiro atoms. The number of ketones is 1. The molecule has 118 valence electrons. The maximum atomic E-state index is 13.1. The Morgan fingerprint density at radius 2 is 1.86 bits per heavy atom. The zero-order chi connectivity index (χ0) is 16.3. The second kappa shape index (κ2) is 4.91. The van der Waals surface area contributed by atoms with E-state index in [2.05, 4.69) is 51.0 Å². The van der Waals surface area contributed by atoms with Crippen molar-refractivity contribution in [2.24, 2.45) is 16.2 Å². The van der Waals surface area contributed by atoms with Gasteiger partial charge in [0.1, 0.15) is 0 Å². The quantitative estimate of drug-likeness (QED) is 0.702. The molecule has 3 atom stereocenters. The molecule has 2 saturated carbocycles. The fraction of sp³-hybridized carbons (Fsp3) is 0.529. The molecule has 22 heavy (non-hydrogen) atoms. The molecule has 2 aliphatic carbocycles. The molecule has 1 aromatic rings. The van der Waals surface area contributed by atoms with Gasteiger partial charge in [0.25, 0.3) is 0 Å². The maximum absolute atomic E-state index is 13.1. The summed E-state index contributed by atoms with van der Waals surface area (Å²) < 4.78 is 0.841. The Labute approximate surface area is 147 Å².